The molecule has 0 spiro atoms. The molecule has 0 saturated carbocycles. The molecule has 6 rings (SSSR count). The summed E-state index contributed by atoms with van der Waals surface area (Å²) in [4.78, 5) is 32.2. The minimum absolute atomic E-state index is 0.254. The van der Waals surface area contributed by atoms with Crippen LogP contribution >= 0.6 is 9.69 Å². The number of fused-ring (bicyclic) bond motifs is 1. The molecule has 0 N–H and O–H groups in total. The van der Waals surface area contributed by atoms with Crippen LogP contribution < -0.4 is 28.9 Å². The van der Waals surface area contributed by atoms with E-state index in [0.717, 1.165) is 23.6 Å². The third-order valence-corrected chi connectivity index (χ3v) is 11.4. The fourth-order valence-electron chi connectivity index (χ4n) is 7.33. The molecule has 1 saturated heterocycles. The Hall–Kier alpha value is -4.20. The SMILES string of the molecule is CC(C)c1cccc(C(C)C)c1N1[CH-]N(c2c(C(C)C)cccc2C(C)C)CC1.COc1ccc(C(=O)N2C(=O)C(C)Oc3c([CH]=[Ru][Cl])cccc32)c(OC)c1. The van der Waals surface area contributed by atoms with Crippen molar-refractivity contribution in [3.8, 4) is 17.2 Å². The van der Waals surface area contributed by atoms with E-state index in [1.54, 1.807) is 37.3 Å². The molecule has 0 radical (unpaired) electrons. The predicted molar refractivity (Wildman–Crippen MR) is 227 cm³/mol. The van der Waals surface area contributed by atoms with Gasteiger partial charge in [-0.2, -0.15) is 6.67 Å². The molecule has 0 aliphatic carbocycles. The monoisotopic (exact) mass is 867 g/mol. The van der Waals surface area contributed by atoms with Gasteiger partial charge in [-0.3, -0.25) is 0 Å². The summed E-state index contributed by atoms with van der Waals surface area (Å²) in [5, 5.41) is 0. The molecule has 2 heterocycles. The van der Waals surface area contributed by atoms with Crippen molar-refractivity contribution >= 4 is 43.2 Å². The molecule has 0 aromatic heterocycles. The van der Waals surface area contributed by atoms with Gasteiger partial charge in [-0.05, 0) is 45.9 Å². The first-order chi connectivity index (χ1) is 26.7. The van der Waals surface area contributed by atoms with Gasteiger partial charge in [-0.1, -0.05) is 91.8 Å². The van der Waals surface area contributed by atoms with Crippen molar-refractivity contribution in [2.75, 3.05) is 42.0 Å². The van der Waals surface area contributed by atoms with Gasteiger partial charge in [0.25, 0.3) is 0 Å². The van der Waals surface area contributed by atoms with Gasteiger partial charge in [-0.25, -0.2) is 0 Å². The number of rotatable bonds is 10. The molecule has 2 aliphatic rings. The van der Waals surface area contributed by atoms with Gasteiger partial charge in [0.1, 0.15) is 0 Å². The van der Waals surface area contributed by atoms with Crippen molar-refractivity contribution in [2.24, 2.45) is 0 Å². The zero-order valence-electron chi connectivity index (χ0n) is 34.5. The maximum absolute atomic E-state index is 13.3. The molecule has 301 valence electrons. The Labute approximate surface area is 345 Å². The van der Waals surface area contributed by atoms with Crippen molar-refractivity contribution in [3.63, 3.8) is 0 Å². The van der Waals surface area contributed by atoms with Crippen LogP contribution in [-0.2, 0) is 20.5 Å². The number of imide groups is 1. The van der Waals surface area contributed by atoms with Crippen LogP contribution in [0, 0.1) is 6.67 Å². The number of carbonyl (C=O) groups is 2. The summed E-state index contributed by atoms with van der Waals surface area (Å²) in [6, 6.07) is 23.8. The Morgan fingerprint density at radius 2 is 1.29 bits per heavy atom. The van der Waals surface area contributed by atoms with Crippen molar-refractivity contribution in [1.82, 2.24) is 0 Å². The molecule has 4 aromatic rings. The van der Waals surface area contributed by atoms with Crippen LogP contribution in [0.2, 0.25) is 0 Å². The number of anilines is 3. The average molecular weight is 867 g/mol. The molecule has 2 aliphatic heterocycles. The van der Waals surface area contributed by atoms with Crippen LogP contribution in [0.25, 0.3) is 0 Å². The molecule has 1 atom stereocenters. The molecule has 4 aromatic carbocycles. The van der Waals surface area contributed by atoms with Crippen molar-refractivity contribution in [2.45, 2.75) is 92.1 Å². The molecule has 10 heteroatoms. The van der Waals surface area contributed by atoms with Crippen LogP contribution in [0.5, 0.6) is 17.2 Å². The van der Waals surface area contributed by atoms with E-state index in [0.29, 0.717) is 46.6 Å². The Balaban J connectivity index is 0.000000215. The second kappa shape index (κ2) is 18.8. The number of nitrogens with zero attached hydrogens (tertiary/aromatic N) is 3. The third kappa shape index (κ3) is 9.00. The van der Waals surface area contributed by atoms with Gasteiger partial charge in [0.05, 0.1) is 0 Å². The van der Waals surface area contributed by atoms with Crippen LogP contribution in [0.1, 0.15) is 124 Å². The summed E-state index contributed by atoms with van der Waals surface area (Å²) in [7, 11) is 8.89. The molecule has 8 nitrogen and oxygen atoms in total. The van der Waals surface area contributed by atoms with Gasteiger partial charge in [0.15, 0.2) is 0 Å². The van der Waals surface area contributed by atoms with E-state index in [4.69, 9.17) is 23.9 Å². The summed E-state index contributed by atoms with van der Waals surface area (Å²) < 4.78 is 18.1. The van der Waals surface area contributed by atoms with E-state index in [1.165, 1.54) is 47.8 Å². The van der Waals surface area contributed by atoms with E-state index < -0.39 is 33.6 Å². The number of para-hydroxylation sites is 3. The fourth-order valence-corrected chi connectivity index (χ4v) is 8.42. The van der Waals surface area contributed by atoms with Gasteiger partial charge in [0, 0.05) is 24.5 Å². The third-order valence-electron chi connectivity index (χ3n) is 10.2. The molecule has 1 unspecified atom stereocenters. The summed E-state index contributed by atoms with van der Waals surface area (Å²) >= 11 is -0.487. The zero-order chi connectivity index (χ0) is 40.8. The number of methoxy groups -OCH3 is 2. The average Bonchev–Trinajstić information content (AvgIpc) is 3.67. The van der Waals surface area contributed by atoms with Crippen molar-refractivity contribution in [1.29, 1.82) is 0 Å². The summed E-state index contributed by atoms with van der Waals surface area (Å²) in [5.74, 6) is 2.46. The number of hydrogen-bond acceptors (Lipinski definition) is 7. The molecule has 56 heavy (non-hydrogen) atoms. The Morgan fingerprint density at radius 3 is 1.73 bits per heavy atom. The van der Waals surface area contributed by atoms with Gasteiger partial charge < -0.3 is 9.80 Å². The fraction of sp³-hybridized carbons (Fsp3) is 0.391. The van der Waals surface area contributed by atoms with Crippen LogP contribution in [0.4, 0.5) is 17.1 Å². The van der Waals surface area contributed by atoms with E-state index in [-0.39, 0.29) is 5.56 Å². The van der Waals surface area contributed by atoms with E-state index in [9.17, 15) is 9.59 Å². The number of amides is 2. The summed E-state index contributed by atoms with van der Waals surface area (Å²) in [6.45, 7) is 24.5. The maximum atomic E-state index is 13.3. The number of ether oxygens (including phenoxy) is 3. The minimum atomic E-state index is -0.800. The predicted octanol–water partition coefficient (Wildman–Crippen LogP) is 10.7. The van der Waals surface area contributed by atoms with Gasteiger partial charge in [0.2, 0.25) is 0 Å². The normalized spacial score (nSPS) is 15.6. The summed E-state index contributed by atoms with van der Waals surface area (Å²) in [5.41, 5.74) is 10.1. The molecule has 2 amide bonds. The number of benzene rings is 4. The van der Waals surface area contributed by atoms with Crippen molar-refractivity contribution in [3.05, 3.63) is 113 Å². The number of halogens is 1. The van der Waals surface area contributed by atoms with Crippen LogP contribution in [0.15, 0.2) is 72.8 Å². The molecular weight excluding hydrogens is 811 g/mol. The Bertz CT molecular complexity index is 1940. The Morgan fingerprint density at radius 1 is 0.786 bits per heavy atom. The molecule has 0 bridgehead atoms. The second-order valence-corrected chi connectivity index (χ2v) is 17.2. The standard InChI is InChI=1S/C27H39N2.C19H17NO5.ClH.Ru/c1-18(2)22-11-9-12-23(19(3)4)26(22)28-15-16-29(17-28)27-24(20(5)6)13-10-14-25(27)21(7)8;1-11-6-5-7-15-17(11)25-12(2)18(21)20(15)19(22)14-9-8-13(23-3)10-16(14)24-4;;/h9-14,17-21H,15-16H2,1-8H3;1,5-10,12H,2-4H3;1H;/q-1;;;+1/p-1. The van der Waals surface area contributed by atoms with Gasteiger partial charge >= 0.3 is 168 Å². The number of carbonyl (C=O) groups excluding carboxylic acids is 2. The first kappa shape index (κ1) is 42.9. The van der Waals surface area contributed by atoms with E-state index in [2.05, 4.69) is 108 Å². The molecule has 1 fully saturated rings. The van der Waals surface area contributed by atoms with Crippen LogP contribution in [0.3, 0.4) is 0 Å². The van der Waals surface area contributed by atoms with Gasteiger partial charge in [-0.15, -0.1) is 0 Å². The molecular formula is C46H56ClN3O5Ru-. The topological polar surface area (TPSA) is 71.6 Å². The zero-order valence-corrected chi connectivity index (χ0v) is 37.0. The second-order valence-electron chi connectivity index (χ2n) is 15.4. The van der Waals surface area contributed by atoms with Crippen LogP contribution in [-0.4, -0.2) is 49.8 Å². The van der Waals surface area contributed by atoms with E-state index >= 15 is 0 Å². The Kier molecular flexibility index (Phi) is 14.4. The van der Waals surface area contributed by atoms with E-state index in [1.807, 2.05) is 10.7 Å². The first-order valence-electron chi connectivity index (χ1n) is 19.3. The summed E-state index contributed by atoms with van der Waals surface area (Å²) in [6.07, 6.45) is -0.800. The first-order valence-corrected chi connectivity index (χ1v) is 22.6. The van der Waals surface area contributed by atoms with Crippen molar-refractivity contribution < 1.29 is 39.5 Å². The number of hydrogen-bond donors (Lipinski definition) is 0. The quantitative estimate of drug-likeness (QED) is 0.0893.